The number of hydrogen-bond acceptors (Lipinski definition) is 4. The summed E-state index contributed by atoms with van der Waals surface area (Å²) in [7, 11) is 0. The highest BCUT2D eigenvalue weighted by Gasteiger charge is 2.28. The summed E-state index contributed by atoms with van der Waals surface area (Å²) in [5.41, 5.74) is 0.728. The first kappa shape index (κ1) is 17.7. The molecule has 0 radical (unpaired) electrons. The zero-order chi connectivity index (χ0) is 18.8. The Hall–Kier alpha value is -2.70. The molecule has 1 N–H and O–H groups in total. The normalized spacial score (nSPS) is 15.4. The summed E-state index contributed by atoms with van der Waals surface area (Å²) < 4.78 is 12.9. The molecule has 3 aromatic rings. The molecular weight excluding hydrogens is 389 g/mol. The number of aromatic nitrogens is 2. The number of ether oxygens (including phenoxy) is 2. The summed E-state index contributed by atoms with van der Waals surface area (Å²) in [6.45, 7) is 0.458. The average Bonchev–Trinajstić information content (AvgIpc) is 3.11. The van der Waals surface area contributed by atoms with E-state index in [4.69, 9.17) is 32.7 Å². The standard InChI is InChI=1S/C19H15Cl2N3O3/c20-13-4-3-5-14(21)12(13)10-24-18(8-9-22-24)23-19(25)17-11-26-15-6-1-2-7-16(15)27-17/h1-9,17H,10-11H2,(H,23,25). The molecular formula is C19H15Cl2N3O3. The molecule has 2 heterocycles. The van der Waals surface area contributed by atoms with Crippen molar-refractivity contribution >= 4 is 34.9 Å². The molecule has 1 aromatic heterocycles. The number of halogens is 2. The van der Waals surface area contributed by atoms with E-state index in [9.17, 15) is 4.79 Å². The molecule has 4 rings (SSSR count). The lowest BCUT2D eigenvalue weighted by molar-refractivity contribution is -0.125. The number of carbonyl (C=O) groups is 1. The van der Waals surface area contributed by atoms with Gasteiger partial charge in [0.15, 0.2) is 11.5 Å². The van der Waals surface area contributed by atoms with Crippen LogP contribution in [-0.4, -0.2) is 28.4 Å². The van der Waals surface area contributed by atoms with E-state index >= 15 is 0 Å². The lowest BCUT2D eigenvalue weighted by atomic mass is 10.2. The first-order valence-corrected chi connectivity index (χ1v) is 9.01. The molecule has 1 amide bonds. The van der Waals surface area contributed by atoms with Crippen LogP contribution in [0, 0.1) is 0 Å². The second-order valence-corrected chi connectivity index (χ2v) is 6.74. The monoisotopic (exact) mass is 403 g/mol. The molecule has 6 nitrogen and oxygen atoms in total. The summed E-state index contributed by atoms with van der Waals surface area (Å²) >= 11 is 12.4. The van der Waals surface area contributed by atoms with Gasteiger partial charge in [-0.3, -0.25) is 4.79 Å². The topological polar surface area (TPSA) is 65.4 Å². The Morgan fingerprint density at radius 1 is 1.11 bits per heavy atom. The highest BCUT2D eigenvalue weighted by molar-refractivity contribution is 6.36. The Morgan fingerprint density at radius 3 is 2.63 bits per heavy atom. The molecule has 138 valence electrons. The van der Waals surface area contributed by atoms with E-state index in [1.54, 1.807) is 47.3 Å². The van der Waals surface area contributed by atoms with Crippen LogP contribution in [0.25, 0.3) is 0 Å². The van der Waals surface area contributed by atoms with Gasteiger partial charge in [-0.25, -0.2) is 4.68 Å². The maximum atomic E-state index is 12.6. The molecule has 0 saturated heterocycles. The van der Waals surface area contributed by atoms with Crippen molar-refractivity contribution in [1.29, 1.82) is 0 Å². The minimum atomic E-state index is -0.757. The van der Waals surface area contributed by atoms with E-state index < -0.39 is 6.10 Å². The molecule has 1 unspecified atom stereocenters. The third kappa shape index (κ3) is 3.72. The van der Waals surface area contributed by atoms with Crippen LogP contribution in [-0.2, 0) is 11.3 Å². The van der Waals surface area contributed by atoms with Gasteiger partial charge < -0.3 is 14.8 Å². The average molecular weight is 404 g/mol. The van der Waals surface area contributed by atoms with Gasteiger partial charge in [0.05, 0.1) is 12.7 Å². The quantitative estimate of drug-likeness (QED) is 0.714. The number of amides is 1. The van der Waals surface area contributed by atoms with E-state index in [-0.39, 0.29) is 12.5 Å². The van der Waals surface area contributed by atoms with Crippen LogP contribution in [0.3, 0.4) is 0 Å². The number of benzene rings is 2. The minimum absolute atomic E-state index is 0.132. The molecule has 1 aliphatic rings. The van der Waals surface area contributed by atoms with Crippen molar-refractivity contribution < 1.29 is 14.3 Å². The SMILES string of the molecule is O=C(Nc1ccnn1Cc1c(Cl)cccc1Cl)C1COc2ccccc2O1. The number of carbonyl (C=O) groups excluding carboxylic acids is 1. The largest absolute Gasteiger partial charge is 0.485 e. The van der Waals surface area contributed by atoms with E-state index in [2.05, 4.69) is 10.4 Å². The maximum absolute atomic E-state index is 12.6. The van der Waals surface area contributed by atoms with Crippen LogP contribution in [0.2, 0.25) is 10.0 Å². The number of rotatable bonds is 4. The second-order valence-electron chi connectivity index (χ2n) is 5.93. The lowest BCUT2D eigenvalue weighted by Gasteiger charge is -2.25. The van der Waals surface area contributed by atoms with E-state index in [1.807, 2.05) is 12.1 Å². The fourth-order valence-electron chi connectivity index (χ4n) is 2.75. The summed E-state index contributed by atoms with van der Waals surface area (Å²) in [6.07, 6.45) is 0.834. The van der Waals surface area contributed by atoms with Gasteiger partial charge in [0.2, 0.25) is 6.10 Å². The molecule has 0 spiro atoms. The highest BCUT2D eigenvalue weighted by atomic mass is 35.5. The van der Waals surface area contributed by atoms with Gasteiger partial charge in [0, 0.05) is 21.7 Å². The number of para-hydroxylation sites is 2. The number of hydrogen-bond donors (Lipinski definition) is 1. The number of fused-ring (bicyclic) bond motifs is 1. The van der Waals surface area contributed by atoms with Crippen LogP contribution >= 0.6 is 23.2 Å². The fraction of sp³-hybridized carbons (Fsp3) is 0.158. The molecule has 0 fully saturated rings. The molecule has 8 heteroatoms. The third-order valence-corrected chi connectivity index (χ3v) is 4.85. The summed E-state index contributed by atoms with van der Waals surface area (Å²) in [4.78, 5) is 12.6. The van der Waals surface area contributed by atoms with Gasteiger partial charge in [0.25, 0.3) is 5.91 Å². The molecule has 0 saturated carbocycles. The Kier molecular flexibility index (Phi) is 4.92. The summed E-state index contributed by atoms with van der Waals surface area (Å²) in [5, 5.41) is 8.14. The Bertz CT molecular complexity index is 970. The maximum Gasteiger partial charge on any atom is 0.270 e. The number of nitrogens with zero attached hydrogens (tertiary/aromatic N) is 2. The van der Waals surface area contributed by atoms with Gasteiger partial charge in [-0.1, -0.05) is 41.4 Å². The molecule has 0 bridgehead atoms. The van der Waals surface area contributed by atoms with Crippen LogP contribution in [0.5, 0.6) is 11.5 Å². The van der Waals surface area contributed by atoms with Crippen LogP contribution in [0.15, 0.2) is 54.7 Å². The predicted octanol–water partition coefficient (Wildman–Crippen LogP) is 4.02. The minimum Gasteiger partial charge on any atom is -0.485 e. The Labute approximate surface area is 165 Å². The summed E-state index contributed by atoms with van der Waals surface area (Å²) in [6, 6.07) is 14.2. The van der Waals surface area contributed by atoms with Crippen LogP contribution in [0.1, 0.15) is 5.56 Å². The van der Waals surface area contributed by atoms with Crippen molar-refractivity contribution in [3.63, 3.8) is 0 Å². The fourth-order valence-corrected chi connectivity index (χ4v) is 3.27. The smallest absolute Gasteiger partial charge is 0.270 e. The van der Waals surface area contributed by atoms with Crippen molar-refractivity contribution in [1.82, 2.24) is 9.78 Å². The van der Waals surface area contributed by atoms with Gasteiger partial charge in [-0.15, -0.1) is 0 Å². The summed E-state index contributed by atoms with van der Waals surface area (Å²) in [5.74, 6) is 1.36. The van der Waals surface area contributed by atoms with Crippen molar-refractivity contribution in [3.05, 3.63) is 70.3 Å². The highest BCUT2D eigenvalue weighted by Crippen LogP contribution is 2.31. The number of nitrogens with one attached hydrogen (secondary N) is 1. The Balaban J connectivity index is 1.48. The van der Waals surface area contributed by atoms with Crippen molar-refractivity contribution in [2.75, 3.05) is 11.9 Å². The van der Waals surface area contributed by atoms with E-state index in [1.165, 1.54) is 0 Å². The third-order valence-electron chi connectivity index (χ3n) is 4.14. The predicted molar refractivity (Wildman–Crippen MR) is 103 cm³/mol. The van der Waals surface area contributed by atoms with Gasteiger partial charge in [0.1, 0.15) is 12.4 Å². The first-order valence-electron chi connectivity index (χ1n) is 8.26. The molecule has 27 heavy (non-hydrogen) atoms. The van der Waals surface area contributed by atoms with E-state index in [0.29, 0.717) is 33.9 Å². The van der Waals surface area contributed by atoms with Crippen molar-refractivity contribution in [3.8, 4) is 11.5 Å². The molecule has 2 aromatic carbocycles. The Morgan fingerprint density at radius 2 is 1.85 bits per heavy atom. The zero-order valence-corrected chi connectivity index (χ0v) is 15.6. The van der Waals surface area contributed by atoms with Gasteiger partial charge >= 0.3 is 0 Å². The first-order chi connectivity index (χ1) is 13.1. The van der Waals surface area contributed by atoms with Gasteiger partial charge in [-0.2, -0.15) is 5.10 Å². The van der Waals surface area contributed by atoms with E-state index in [0.717, 1.165) is 5.56 Å². The van der Waals surface area contributed by atoms with Crippen molar-refractivity contribution in [2.45, 2.75) is 12.6 Å². The van der Waals surface area contributed by atoms with Crippen LogP contribution < -0.4 is 14.8 Å². The molecule has 0 aliphatic carbocycles. The zero-order valence-electron chi connectivity index (χ0n) is 14.1. The van der Waals surface area contributed by atoms with Gasteiger partial charge in [-0.05, 0) is 24.3 Å². The number of anilines is 1. The molecule has 1 aliphatic heterocycles. The molecule has 1 atom stereocenters. The lowest BCUT2D eigenvalue weighted by Crippen LogP contribution is -2.40. The van der Waals surface area contributed by atoms with Crippen LogP contribution in [0.4, 0.5) is 5.82 Å². The second kappa shape index (κ2) is 7.50. The van der Waals surface area contributed by atoms with Crippen molar-refractivity contribution in [2.24, 2.45) is 0 Å².